The summed E-state index contributed by atoms with van der Waals surface area (Å²) in [4.78, 5) is 40.6. The second kappa shape index (κ2) is 11.7. The number of para-hydroxylation sites is 1. The highest BCUT2D eigenvalue weighted by atomic mass is 16.2. The Morgan fingerprint density at radius 1 is 1.03 bits per heavy atom. The van der Waals surface area contributed by atoms with E-state index >= 15 is 0 Å². The maximum atomic E-state index is 13.5. The molecular formula is C29H39N5O2. The molecule has 0 bridgehead atoms. The molecule has 7 nitrogen and oxygen atoms in total. The predicted molar refractivity (Wildman–Crippen MR) is 145 cm³/mol. The van der Waals surface area contributed by atoms with Crippen molar-refractivity contribution in [3.8, 4) is 0 Å². The lowest BCUT2D eigenvalue weighted by atomic mass is 10.1. The Morgan fingerprint density at radius 2 is 1.83 bits per heavy atom. The molecule has 2 amide bonds. The molecular weight excluding hydrogens is 450 g/mol. The maximum absolute atomic E-state index is 13.5. The summed E-state index contributed by atoms with van der Waals surface area (Å²) in [5.74, 6) is 1.49. The van der Waals surface area contributed by atoms with Gasteiger partial charge in [-0.3, -0.25) is 9.59 Å². The highest BCUT2D eigenvalue weighted by Crippen LogP contribution is 2.25. The zero-order valence-electron chi connectivity index (χ0n) is 22.1. The predicted octanol–water partition coefficient (Wildman–Crippen LogP) is 4.55. The fraction of sp³-hybridized carbons (Fsp3) is 0.483. The third-order valence-electron chi connectivity index (χ3n) is 6.85. The average molecular weight is 490 g/mol. The summed E-state index contributed by atoms with van der Waals surface area (Å²) in [6.07, 6.45) is 2.55. The zero-order chi connectivity index (χ0) is 25.7. The molecule has 1 aliphatic heterocycles. The van der Waals surface area contributed by atoms with Crippen LogP contribution in [0.4, 0.5) is 5.69 Å². The summed E-state index contributed by atoms with van der Waals surface area (Å²) in [5.41, 5.74) is 5.05. The number of fused-ring (bicyclic) bond motifs is 2. The van der Waals surface area contributed by atoms with Crippen LogP contribution < -0.4 is 4.90 Å². The standard InChI is InChI=1S/C29H39N5O2/c1-21(2)18-29(36)34-15-7-14-32(4)16-17-33(20-24-8-5-6-9-27(24)34)28(35)13-11-23-10-12-25-26(19-23)31-22(3)30-25/h5-6,8-10,12,19,21H,7,11,13-18,20H2,1-4H3,(H,30,31). The minimum Gasteiger partial charge on any atom is -0.342 e. The van der Waals surface area contributed by atoms with E-state index in [0.717, 1.165) is 53.2 Å². The summed E-state index contributed by atoms with van der Waals surface area (Å²) in [6.45, 7) is 9.67. The number of imidazole rings is 1. The minimum absolute atomic E-state index is 0.137. The van der Waals surface area contributed by atoms with Crippen LogP contribution in [0.25, 0.3) is 11.0 Å². The number of carbonyl (C=O) groups is 2. The summed E-state index contributed by atoms with van der Waals surface area (Å²) >= 11 is 0. The van der Waals surface area contributed by atoms with Gasteiger partial charge in [0.25, 0.3) is 0 Å². The summed E-state index contributed by atoms with van der Waals surface area (Å²) in [7, 11) is 2.09. The number of nitrogens with zero attached hydrogens (tertiary/aromatic N) is 4. The van der Waals surface area contributed by atoms with Crippen molar-refractivity contribution in [1.29, 1.82) is 0 Å². The lowest BCUT2D eigenvalue weighted by Crippen LogP contribution is -2.37. The van der Waals surface area contributed by atoms with Gasteiger partial charge in [0, 0.05) is 44.7 Å². The molecule has 1 N–H and O–H groups in total. The number of carbonyl (C=O) groups excluding carboxylic acids is 2. The molecule has 3 aromatic rings. The second-order valence-corrected chi connectivity index (χ2v) is 10.4. The average Bonchev–Trinajstić information content (AvgIpc) is 3.20. The van der Waals surface area contributed by atoms with Crippen LogP contribution in [-0.4, -0.2) is 64.8 Å². The molecule has 2 heterocycles. The van der Waals surface area contributed by atoms with Crippen LogP contribution in [-0.2, 0) is 22.6 Å². The highest BCUT2D eigenvalue weighted by molar-refractivity contribution is 5.94. The first-order chi connectivity index (χ1) is 17.3. The molecule has 2 aromatic carbocycles. The number of nitrogens with one attached hydrogen (secondary N) is 1. The van der Waals surface area contributed by atoms with Gasteiger partial charge in [0.1, 0.15) is 5.82 Å². The second-order valence-electron chi connectivity index (χ2n) is 10.4. The molecule has 0 saturated heterocycles. The molecule has 0 radical (unpaired) electrons. The van der Waals surface area contributed by atoms with Crippen molar-refractivity contribution in [2.75, 3.05) is 38.1 Å². The topological polar surface area (TPSA) is 72.5 Å². The van der Waals surface area contributed by atoms with Crippen LogP contribution in [0.2, 0.25) is 0 Å². The molecule has 7 heteroatoms. The maximum Gasteiger partial charge on any atom is 0.227 e. The smallest absolute Gasteiger partial charge is 0.227 e. The van der Waals surface area contributed by atoms with E-state index in [4.69, 9.17) is 0 Å². The number of aromatic nitrogens is 2. The number of likely N-dealkylation sites (N-methyl/N-ethyl adjacent to an activating group) is 1. The molecule has 0 fully saturated rings. The van der Waals surface area contributed by atoms with E-state index in [1.54, 1.807) is 0 Å². The normalized spacial score (nSPS) is 15.7. The third kappa shape index (κ3) is 6.52. The molecule has 0 spiro atoms. The molecule has 192 valence electrons. The van der Waals surface area contributed by atoms with E-state index in [9.17, 15) is 9.59 Å². The Labute approximate surface area is 214 Å². The molecule has 1 aliphatic rings. The van der Waals surface area contributed by atoms with Gasteiger partial charge in [-0.2, -0.15) is 0 Å². The van der Waals surface area contributed by atoms with E-state index in [1.165, 1.54) is 0 Å². The number of amides is 2. The molecule has 0 unspecified atom stereocenters. The lowest BCUT2D eigenvalue weighted by molar-refractivity contribution is -0.132. The number of anilines is 1. The van der Waals surface area contributed by atoms with E-state index in [-0.39, 0.29) is 11.8 Å². The Kier molecular flexibility index (Phi) is 8.41. The Bertz CT molecular complexity index is 1200. The van der Waals surface area contributed by atoms with Crippen molar-refractivity contribution in [2.45, 2.75) is 53.0 Å². The highest BCUT2D eigenvalue weighted by Gasteiger charge is 2.23. The van der Waals surface area contributed by atoms with Gasteiger partial charge in [-0.15, -0.1) is 0 Å². The van der Waals surface area contributed by atoms with Gasteiger partial charge in [-0.05, 0) is 68.6 Å². The number of H-pyrrole nitrogens is 1. The first-order valence-corrected chi connectivity index (χ1v) is 13.1. The fourth-order valence-electron chi connectivity index (χ4n) is 4.90. The largest absolute Gasteiger partial charge is 0.342 e. The Balaban J connectivity index is 1.53. The summed E-state index contributed by atoms with van der Waals surface area (Å²) in [6, 6.07) is 14.2. The molecule has 0 aliphatic carbocycles. The van der Waals surface area contributed by atoms with E-state index in [2.05, 4.69) is 54.0 Å². The van der Waals surface area contributed by atoms with Crippen molar-refractivity contribution in [3.05, 3.63) is 59.4 Å². The van der Waals surface area contributed by atoms with E-state index in [1.807, 2.05) is 41.0 Å². The first kappa shape index (κ1) is 25.9. The van der Waals surface area contributed by atoms with Crippen LogP contribution in [0.3, 0.4) is 0 Å². The Morgan fingerprint density at radius 3 is 2.64 bits per heavy atom. The van der Waals surface area contributed by atoms with Gasteiger partial charge in [-0.25, -0.2) is 4.98 Å². The number of hydrogen-bond acceptors (Lipinski definition) is 4. The van der Waals surface area contributed by atoms with Gasteiger partial charge in [-0.1, -0.05) is 38.1 Å². The number of aryl methyl sites for hydroxylation is 2. The van der Waals surface area contributed by atoms with Crippen molar-refractivity contribution >= 4 is 28.5 Å². The van der Waals surface area contributed by atoms with Crippen molar-refractivity contribution in [2.24, 2.45) is 5.92 Å². The van der Waals surface area contributed by atoms with Gasteiger partial charge in [0.05, 0.1) is 11.0 Å². The fourth-order valence-corrected chi connectivity index (χ4v) is 4.90. The number of rotatable bonds is 5. The summed E-state index contributed by atoms with van der Waals surface area (Å²) in [5, 5.41) is 0. The van der Waals surface area contributed by atoms with Gasteiger partial charge < -0.3 is 19.7 Å². The number of hydrogen-bond donors (Lipinski definition) is 1. The van der Waals surface area contributed by atoms with Crippen LogP contribution in [0.15, 0.2) is 42.5 Å². The van der Waals surface area contributed by atoms with Gasteiger partial charge in [0.15, 0.2) is 0 Å². The molecule has 0 saturated carbocycles. The zero-order valence-corrected chi connectivity index (χ0v) is 22.1. The van der Waals surface area contributed by atoms with Crippen molar-refractivity contribution in [3.63, 3.8) is 0 Å². The van der Waals surface area contributed by atoms with Crippen LogP contribution in [0, 0.1) is 12.8 Å². The van der Waals surface area contributed by atoms with E-state index in [0.29, 0.717) is 44.8 Å². The number of aromatic amines is 1. The number of benzene rings is 2. The molecule has 36 heavy (non-hydrogen) atoms. The monoisotopic (exact) mass is 489 g/mol. The summed E-state index contributed by atoms with van der Waals surface area (Å²) < 4.78 is 0. The van der Waals surface area contributed by atoms with Crippen molar-refractivity contribution in [1.82, 2.24) is 19.8 Å². The minimum atomic E-state index is 0.137. The van der Waals surface area contributed by atoms with E-state index < -0.39 is 0 Å². The van der Waals surface area contributed by atoms with Gasteiger partial charge >= 0.3 is 0 Å². The van der Waals surface area contributed by atoms with Gasteiger partial charge in [0.2, 0.25) is 11.8 Å². The van der Waals surface area contributed by atoms with Crippen LogP contribution >= 0.6 is 0 Å². The SMILES string of the molecule is Cc1nc2ccc(CCC(=O)N3CCN(C)CCCN(C(=O)CC(C)C)c4ccccc4C3)cc2[nH]1. The molecule has 0 atom stereocenters. The third-order valence-corrected chi connectivity index (χ3v) is 6.85. The van der Waals surface area contributed by atoms with Crippen LogP contribution in [0.5, 0.6) is 0 Å². The van der Waals surface area contributed by atoms with Crippen LogP contribution in [0.1, 0.15) is 50.1 Å². The van der Waals surface area contributed by atoms with Crippen molar-refractivity contribution < 1.29 is 9.59 Å². The molecule has 1 aromatic heterocycles. The Hall–Kier alpha value is -3.19. The quantitative estimate of drug-likeness (QED) is 0.571. The lowest BCUT2D eigenvalue weighted by Gasteiger charge is -2.28. The molecule has 4 rings (SSSR count). The first-order valence-electron chi connectivity index (χ1n) is 13.1.